The smallest absolute Gasteiger partial charge is 0.328 e. The average Bonchev–Trinajstić information content (AvgIpc) is 2.39. The third kappa shape index (κ3) is 4.79. The fourth-order valence-corrected chi connectivity index (χ4v) is 2.27. The molecule has 0 atom stereocenters. The number of benzene rings is 1. The molecule has 0 spiro atoms. The molecule has 0 saturated carbocycles. The lowest BCUT2D eigenvalue weighted by atomic mass is 10.3. The van der Waals surface area contributed by atoms with Crippen molar-refractivity contribution in [2.75, 3.05) is 6.54 Å². The van der Waals surface area contributed by atoms with Gasteiger partial charge in [0.05, 0.1) is 4.90 Å². The summed E-state index contributed by atoms with van der Waals surface area (Å²) in [6.07, 6.45) is 1.67. The lowest BCUT2D eigenvalue weighted by Gasteiger charge is -2.08. The number of carbonyl (C=O) groups excluding carboxylic acids is 1. The van der Waals surface area contributed by atoms with Crippen molar-refractivity contribution in [3.05, 3.63) is 34.7 Å². The molecule has 0 aromatic heterocycles. The minimum atomic E-state index is -3.93. The third-order valence-corrected chi connectivity index (χ3v) is 3.70. The van der Waals surface area contributed by atoms with Crippen molar-refractivity contribution in [1.82, 2.24) is 10.0 Å². The van der Waals surface area contributed by atoms with E-state index < -0.39 is 16.1 Å². The highest BCUT2D eigenvalue weighted by Gasteiger charge is 2.16. The summed E-state index contributed by atoms with van der Waals surface area (Å²) in [4.78, 5) is 13.9. The molecule has 2 amide bonds. The van der Waals surface area contributed by atoms with Gasteiger partial charge in [0, 0.05) is 17.1 Å². The lowest BCUT2D eigenvalue weighted by Crippen LogP contribution is -2.39. The molecule has 1 rings (SSSR count). The van der Waals surface area contributed by atoms with Gasteiger partial charge in [-0.2, -0.15) is 0 Å². The standard InChI is InChI=1S/C11H15N5O3S/c1-2-3-8-13-11(17)15-20(18,19)10-6-4-9(5-7-10)14-16-12/h4-7H,2-3,8H2,1H3,(H2,13,15,17). The number of hydrogen-bond donors (Lipinski definition) is 2. The summed E-state index contributed by atoms with van der Waals surface area (Å²) in [6, 6.07) is 4.45. The van der Waals surface area contributed by atoms with Gasteiger partial charge in [0.25, 0.3) is 10.0 Å². The number of urea groups is 1. The Morgan fingerprint density at radius 2 is 2.00 bits per heavy atom. The predicted octanol–water partition coefficient (Wildman–Crippen LogP) is 2.42. The number of sulfonamides is 1. The number of nitrogens with one attached hydrogen (secondary N) is 2. The second kappa shape index (κ2) is 7.37. The molecule has 0 fully saturated rings. The monoisotopic (exact) mass is 297 g/mol. The van der Waals surface area contributed by atoms with Crippen LogP contribution in [0.2, 0.25) is 0 Å². The van der Waals surface area contributed by atoms with E-state index in [0.29, 0.717) is 12.2 Å². The van der Waals surface area contributed by atoms with Gasteiger partial charge in [-0.15, -0.1) is 0 Å². The van der Waals surface area contributed by atoms with E-state index in [9.17, 15) is 13.2 Å². The minimum absolute atomic E-state index is 0.0833. The molecule has 0 aliphatic carbocycles. The SMILES string of the molecule is CCCCNC(=O)NS(=O)(=O)c1ccc(N=[N+]=[N-])cc1. The number of hydrogen-bond acceptors (Lipinski definition) is 4. The van der Waals surface area contributed by atoms with Crippen LogP contribution in [-0.2, 0) is 10.0 Å². The summed E-state index contributed by atoms with van der Waals surface area (Å²) < 4.78 is 25.6. The molecule has 0 unspecified atom stereocenters. The zero-order chi connectivity index (χ0) is 15.0. The molecule has 108 valence electrons. The minimum Gasteiger partial charge on any atom is -0.337 e. The Morgan fingerprint density at radius 1 is 1.35 bits per heavy atom. The van der Waals surface area contributed by atoms with E-state index in [0.717, 1.165) is 12.8 Å². The van der Waals surface area contributed by atoms with E-state index in [1.54, 1.807) is 0 Å². The molecule has 9 heteroatoms. The van der Waals surface area contributed by atoms with Crippen LogP contribution in [0, 0.1) is 0 Å². The van der Waals surface area contributed by atoms with Gasteiger partial charge in [-0.05, 0) is 24.1 Å². The van der Waals surface area contributed by atoms with Crippen LogP contribution in [0.25, 0.3) is 10.4 Å². The maximum atomic E-state index is 11.9. The topological polar surface area (TPSA) is 124 Å². The number of nitrogens with zero attached hydrogens (tertiary/aromatic N) is 3. The van der Waals surface area contributed by atoms with Crippen molar-refractivity contribution in [3.63, 3.8) is 0 Å². The number of rotatable bonds is 6. The van der Waals surface area contributed by atoms with E-state index in [1.165, 1.54) is 24.3 Å². The zero-order valence-electron chi connectivity index (χ0n) is 10.9. The van der Waals surface area contributed by atoms with E-state index in [2.05, 4.69) is 15.3 Å². The van der Waals surface area contributed by atoms with Gasteiger partial charge in [-0.25, -0.2) is 17.9 Å². The summed E-state index contributed by atoms with van der Waals surface area (Å²) >= 11 is 0. The summed E-state index contributed by atoms with van der Waals surface area (Å²) in [5.41, 5.74) is 8.54. The zero-order valence-corrected chi connectivity index (χ0v) is 11.7. The van der Waals surface area contributed by atoms with Crippen molar-refractivity contribution in [1.29, 1.82) is 0 Å². The Kier molecular flexibility index (Phi) is 5.82. The molecular formula is C11H15N5O3S. The van der Waals surface area contributed by atoms with E-state index in [1.807, 2.05) is 11.6 Å². The second-order valence-electron chi connectivity index (χ2n) is 3.90. The van der Waals surface area contributed by atoms with Crippen molar-refractivity contribution in [3.8, 4) is 0 Å². The van der Waals surface area contributed by atoms with Crippen LogP contribution in [0.15, 0.2) is 34.3 Å². The summed E-state index contributed by atoms with van der Waals surface area (Å²) in [5, 5.41) is 5.77. The maximum Gasteiger partial charge on any atom is 0.328 e. The van der Waals surface area contributed by atoms with Crippen LogP contribution in [0.1, 0.15) is 19.8 Å². The van der Waals surface area contributed by atoms with Crippen molar-refractivity contribution < 1.29 is 13.2 Å². The van der Waals surface area contributed by atoms with Crippen molar-refractivity contribution in [2.45, 2.75) is 24.7 Å². The van der Waals surface area contributed by atoms with Crippen molar-refractivity contribution >= 4 is 21.7 Å². The van der Waals surface area contributed by atoms with Gasteiger partial charge in [0.2, 0.25) is 0 Å². The Labute approximate surface area is 116 Å². The van der Waals surface area contributed by atoms with Crippen LogP contribution in [0.3, 0.4) is 0 Å². The van der Waals surface area contributed by atoms with Crippen LogP contribution in [-0.4, -0.2) is 21.0 Å². The van der Waals surface area contributed by atoms with Crippen LogP contribution < -0.4 is 10.0 Å². The molecule has 0 bridgehead atoms. The Hall–Kier alpha value is -2.25. The summed E-state index contributed by atoms with van der Waals surface area (Å²) in [6.45, 7) is 2.37. The number of azide groups is 1. The molecule has 0 aliphatic heterocycles. The molecule has 0 heterocycles. The van der Waals surface area contributed by atoms with Crippen LogP contribution in [0.5, 0.6) is 0 Å². The molecular weight excluding hydrogens is 282 g/mol. The molecule has 0 radical (unpaired) electrons. The second-order valence-corrected chi connectivity index (χ2v) is 5.58. The molecule has 2 N–H and O–H groups in total. The Balaban J connectivity index is 2.73. The van der Waals surface area contributed by atoms with Crippen molar-refractivity contribution in [2.24, 2.45) is 5.11 Å². The molecule has 0 saturated heterocycles. The van der Waals surface area contributed by atoms with E-state index in [4.69, 9.17) is 5.53 Å². The van der Waals surface area contributed by atoms with Gasteiger partial charge in [-0.1, -0.05) is 30.6 Å². The summed E-state index contributed by atoms with van der Waals surface area (Å²) in [5.74, 6) is 0. The number of carbonyl (C=O) groups is 1. The highest BCUT2D eigenvalue weighted by Crippen LogP contribution is 2.16. The lowest BCUT2D eigenvalue weighted by molar-refractivity contribution is 0.245. The van der Waals surface area contributed by atoms with Gasteiger partial charge in [0.1, 0.15) is 0 Å². The van der Waals surface area contributed by atoms with Gasteiger partial charge in [0.15, 0.2) is 0 Å². The first-order valence-electron chi connectivity index (χ1n) is 5.95. The maximum absolute atomic E-state index is 11.9. The molecule has 20 heavy (non-hydrogen) atoms. The highest BCUT2D eigenvalue weighted by atomic mass is 32.2. The first kappa shape index (κ1) is 15.8. The largest absolute Gasteiger partial charge is 0.337 e. The Bertz CT molecular complexity index is 605. The van der Waals surface area contributed by atoms with Gasteiger partial charge in [-0.3, -0.25) is 0 Å². The highest BCUT2D eigenvalue weighted by molar-refractivity contribution is 7.90. The quantitative estimate of drug-likeness (QED) is 0.362. The molecule has 1 aromatic rings. The first-order valence-corrected chi connectivity index (χ1v) is 7.43. The molecule has 0 aliphatic rings. The third-order valence-electron chi connectivity index (χ3n) is 2.35. The molecule has 8 nitrogen and oxygen atoms in total. The fraction of sp³-hybridized carbons (Fsp3) is 0.364. The fourth-order valence-electron chi connectivity index (χ4n) is 1.34. The van der Waals surface area contributed by atoms with Gasteiger partial charge >= 0.3 is 6.03 Å². The van der Waals surface area contributed by atoms with Gasteiger partial charge < -0.3 is 5.32 Å². The normalized spacial score (nSPS) is 10.4. The molecule has 1 aromatic carbocycles. The first-order chi connectivity index (χ1) is 9.49. The number of amides is 2. The van der Waals surface area contributed by atoms with Crippen LogP contribution in [0.4, 0.5) is 10.5 Å². The average molecular weight is 297 g/mol. The Morgan fingerprint density at radius 3 is 2.55 bits per heavy atom. The van der Waals surface area contributed by atoms with Crippen LogP contribution >= 0.6 is 0 Å². The number of unbranched alkanes of at least 4 members (excludes halogenated alkanes) is 1. The summed E-state index contributed by atoms with van der Waals surface area (Å²) in [7, 11) is -3.93. The van der Waals surface area contributed by atoms with E-state index in [-0.39, 0.29) is 4.90 Å². The van der Waals surface area contributed by atoms with E-state index >= 15 is 0 Å². The predicted molar refractivity (Wildman–Crippen MR) is 73.9 cm³/mol.